The van der Waals surface area contributed by atoms with Gasteiger partial charge in [-0.25, -0.2) is 8.78 Å². The highest BCUT2D eigenvalue weighted by Crippen LogP contribution is 2.30. The average Bonchev–Trinajstić information content (AvgIpc) is 2.86. The average molecular weight is 278 g/mol. The maximum absolute atomic E-state index is 14.2. The fraction of sp³-hybridized carbons (Fsp3) is 0.429. The Hall–Kier alpha value is -1.82. The molecule has 1 aliphatic heterocycles. The Morgan fingerprint density at radius 2 is 2.15 bits per heavy atom. The predicted molar refractivity (Wildman–Crippen MR) is 71.0 cm³/mol. The molecule has 0 saturated heterocycles. The fourth-order valence-corrected chi connectivity index (χ4v) is 2.64. The first-order chi connectivity index (χ1) is 9.61. The molecular formula is C14H16F2N4. The molecule has 0 spiro atoms. The SMILES string of the molecule is Cc1ccc(F)c(-c2nnc3n2CCC(CN)C3)c1F. The number of nitrogens with two attached hydrogens (primary N) is 1. The maximum atomic E-state index is 14.2. The number of hydrogen-bond donors (Lipinski definition) is 1. The minimum Gasteiger partial charge on any atom is -0.330 e. The van der Waals surface area contributed by atoms with Crippen molar-refractivity contribution in [3.8, 4) is 11.4 Å². The second-order valence-electron chi connectivity index (χ2n) is 5.24. The van der Waals surface area contributed by atoms with Gasteiger partial charge in [-0.1, -0.05) is 6.07 Å². The Morgan fingerprint density at radius 3 is 2.90 bits per heavy atom. The molecular weight excluding hydrogens is 262 g/mol. The maximum Gasteiger partial charge on any atom is 0.169 e. The molecule has 6 heteroatoms. The number of benzene rings is 1. The van der Waals surface area contributed by atoms with Gasteiger partial charge in [0.1, 0.15) is 17.5 Å². The Morgan fingerprint density at radius 1 is 1.35 bits per heavy atom. The van der Waals surface area contributed by atoms with Crippen LogP contribution in [0.3, 0.4) is 0 Å². The Balaban J connectivity index is 2.10. The molecule has 2 N–H and O–H groups in total. The molecule has 1 aromatic heterocycles. The van der Waals surface area contributed by atoms with Crippen LogP contribution in [0.5, 0.6) is 0 Å². The van der Waals surface area contributed by atoms with Crippen LogP contribution in [0, 0.1) is 24.5 Å². The van der Waals surface area contributed by atoms with Crippen molar-refractivity contribution < 1.29 is 8.78 Å². The van der Waals surface area contributed by atoms with Crippen molar-refractivity contribution in [2.45, 2.75) is 26.3 Å². The molecule has 2 aromatic rings. The lowest BCUT2D eigenvalue weighted by Crippen LogP contribution is -2.26. The zero-order valence-corrected chi connectivity index (χ0v) is 11.2. The summed E-state index contributed by atoms with van der Waals surface area (Å²) in [4.78, 5) is 0. The lowest BCUT2D eigenvalue weighted by molar-refractivity contribution is 0.391. The summed E-state index contributed by atoms with van der Waals surface area (Å²) in [5.41, 5.74) is 5.98. The van der Waals surface area contributed by atoms with Gasteiger partial charge in [-0.05, 0) is 37.4 Å². The van der Waals surface area contributed by atoms with Gasteiger partial charge in [0, 0.05) is 13.0 Å². The van der Waals surface area contributed by atoms with Gasteiger partial charge in [0.2, 0.25) is 0 Å². The number of aromatic nitrogens is 3. The molecule has 0 fully saturated rings. The number of fused-ring (bicyclic) bond motifs is 1. The molecule has 0 bridgehead atoms. The highest BCUT2D eigenvalue weighted by Gasteiger charge is 2.26. The van der Waals surface area contributed by atoms with Crippen molar-refractivity contribution in [1.82, 2.24) is 14.8 Å². The Kier molecular flexibility index (Phi) is 3.25. The van der Waals surface area contributed by atoms with Gasteiger partial charge in [0.15, 0.2) is 5.82 Å². The van der Waals surface area contributed by atoms with Crippen LogP contribution < -0.4 is 5.73 Å². The van der Waals surface area contributed by atoms with Gasteiger partial charge in [-0.15, -0.1) is 10.2 Å². The van der Waals surface area contributed by atoms with Crippen molar-refractivity contribution in [2.75, 3.05) is 6.54 Å². The smallest absolute Gasteiger partial charge is 0.169 e. The van der Waals surface area contributed by atoms with Crippen LogP contribution in [0.1, 0.15) is 17.8 Å². The summed E-state index contributed by atoms with van der Waals surface area (Å²) < 4.78 is 30.0. The summed E-state index contributed by atoms with van der Waals surface area (Å²) in [7, 11) is 0. The molecule has 0 aliphatic carbocycles. The van der Waals surface area contributed by atoms with E-state index in [9.17, 15) is 8.78 Å². The van der Waals surface area contributed by atoms with Gasteiger partial charge in [0.05, 0.1) is 5.56 Å². The molecule has 0 radical (unpaired) electrons. The Labute approximate surface area is 115 Å². The van der Waals surface area contributed by atoms with Crippen molar-refractivity contribution >= 4 is 0 Å². The molecule has 1 unspecified atom stereocenters. The van der Waals surface area contributed by atoms with Crippen LogP contribution in [-0.2, 0) is 13.0 Å². The highest BCUT2D eigenvalue weighted by molar-refractivity contribution is 5.59. The fourth-order valence-electron chi connectivity index (χ4n) is 2.64. The van der Waals surface area contributed by atoms with E-state index >= 15 is 0 Å². The van der Waals surface area contributed by atoms with Gasteiger partial charge in [-0.2, -0.15) is 0 Å². The van der Waals surface area contributed by atoms with Crippen LogP contribution >= 0.6 is 0 Å². The van der Waals surface area contributed by atoms with E-state index in [1.54, 1.807) is 11.5 Å². The number of aryl methyl sites for hydroxylation is 1. The van der Waals surface area contributed by atoms with E-state index in [4.69, 9.17) is 5.73 Å². The van der Waals surface area contributed by atoms with Crippen LogP contribution in [-0.4, -0.2) is 21.3 Å². The molecule has 1 aromatic carbocycles. The molecule has 1 atom stereocenters. The number of halogens is 2. The topological polar surface area (TPSA) is 56.7 Å². The van der Waals surface area contributed by atoms with Crippen LogP contribution in [0.25, 0.3) is 11.4 Å². The lowest BCUT2D eigenvalue weighted by atomic mass is 9.98. The highest BCUT2D eigenvalue weighted by atomic mass is 19.1. The molecule has 20 heavy (non-hydrogen) atoms. The van der Waals surface area contributed by atoms with Gasteiger partial charge in [0.25, 0.3) is 0 Å². The summed E-state index contributed by atoms with van der Waals surface area (Å²) in [6.45, 7) is 2.85. The van der Waals surface area contributed by atoms with Gasteiger partial charge in [-0.3, -0.25) is 0 Å². The molecule has 106 valence electrons. The second kappa shape index (κ2) is 4.94. The molecule has 3 rings (SSSR count). The molecule has 0 amide bonds. The first kappa shape index (κ1) is 13.2. The zero-order chi connectivity index (χ0) is 14.3. The molecule has 0 saturated carbocycles. The van der Waals surface area contributed by atoms with Gasteiger partial charge < -0.3 is 10.3 Å². The lowest BCUT2D eigenvalue weighted by Gasteiger charge is -2.22. The van der Waals surface area contributed by atoms with E-state index in [0.717, 1.165) is 12.2 Å². The van der Waals surface area contributed by atoms with Gasteiger partial charge >= 0.3 is 0 Å². The monoisotopic (exact) mass is 278 g/mol. The van der Waals surface area contributed by atoms with E-state index in [2.05, 4.69) is 10.2 Å². The number of rotatable bonds is 2. The van der Waals surface area contributed by atoms with Crippen molar-refractivity contribution in [3.05, 3.63) is 35.2 Å². The first-order valence-electron chi connectivity index (χ1n) is 6.69. The third-order valence-corrected chi connectivity index (χ3v) is 3.90. The van der Waals surface area contributed by atoms with Crippen molar-refractivity contribution in [1.29, 1.82) is 0 Å². The summed E-state index contributed by atoms with van der Waals surface area (Å²) >= 11 is 0. The predicted octanol–water partition coefficient (Wildman–Crippen LogP) is 2.05. The molecule has 1 aliphatic rings. The third kappa shape index (κ3) is 2.00. The second-order valence-corrected chi connectivity index (χ2v) is 5.24. The summed E-state index contributed by atoms with van der Waals surface area (Å²) in [6, 6.07) is 2.69. The van der Waals surface area contributed by atoms with Crippen LogP contribution in [0.4, 0.5) is 8.78 Å². The van der Waals surface area contributed by atoms with Crippen LogP contribution in [0.2, 0.25) is 0 Å². The van der Waals surface area contributed by atoms with Crippen LogP contribution in [0.15, 0.2) is 12.1 Å². The van der Waals surface area contributed by atoms with E-state index in [0.29, 0.717) is 31.0 Å². The van der Waals surface area contributed by atoms with Crippen molar-refractivity contribution in [2.24, 2.45) is 11.7 Å². The number of nitrogens with zero attached hydrogens (tertiary/aromatic N) is 3. The normalized spacial score (nSPS) is 18.1. The van der Waals surface area contributed by atoms with E-state index < -0.39 is 11.6 Å². The van der Waals surface area contributed by atoms with E-state index in [-0.39, 0.29) is 11.4 Å². The standard InChI is InChI=1S/C14H16F2N4/c1-8-2-3-10(15)12(13(8)16)14-19-18-11-6-9(7-17)4-5-20(11)14/h2-3,9H,4-7,17H2,1H3. The Bertz CT molecular complexity index is 651. The summed E-state index contributed by atoms with van der Waals surface area (Å²) in [5.74, 6) is 0.216. The summed E-state index contributed by atoms with van der Waals surface area (Å²) in [5, 5.41) is 8.06. The number of hydrogen-bond acceptors (Lipinski definition) is 3. The third-order valence-electron chi connectivity index (χ3n) is 3.90. The van der Waals surface area contributed by atoms with E-state index in [1.807, 2.05) is 0 Å². The first-order valence-corrected chi connectivity index (χ1v) is 6.69. The summed E-state index contributed by atoms with van der Waals surface area (Å²) in [6.07, 6.45) is 1.59. The molecule has 4 nitrogen and oxygen atoms in total. The molecule has 2 heterocycles. The van der Waals surface area contributed by atoms with E-state index in [1.165, 1.54) is 12.1 Å². The zero-order valence-electron chi connectivity index (χ0n) is 11.2. The quantitative estimate of drug-likeness (QED) is 0.914. The largest absolute Gasteiger partial charge is 0.330 e. The minimum absolute atomic E-state index is 0.0880. The van der Waals surface area contributed by atoms with Crippen molar-refractivity contribution in [3.63, 3.8) is 0 Å². The minimum atomic E-state index is -0.607.